The van der Waals surface area contributed by atoms with Crippen LogP contribution in [0.25, 0.3) is 0 Å². The molecule has 164 valence electrons. The summed E-state index contributed by atoms with van der Waals surface area (Å²) < 4.78 is 71.1. The van der Waals surface area contributed by atoms with Crippen LogP contribution >= 0.6 is 0 Å². The van der Waals surface area contributed by atoms with Gasteiger partial charge in [0.15, 0.2) is 6.87 Å². The molecule has 0 aliphatic rings. The van der Waals surface area contributed by atoms with Gasteiger partial charge in [0.25, 0.3) is 0 Å². The monoisotopic (exact) mass is 480 g/mol. The van der Waals surface area contributed by atoms with E-state index in [9.17, 15) is 21.6 Å². The molecule has 0 atom stereocenters. The van der Waals surface area contributed by atoms with Crippen molar-refractivity contribution in [3.63, 3.8) is 0 Å². The summed E-state index contributed by atoms with van der Waals surface area (Å²) >= 11 is 0. The molecule has 11 heteroatoms. The van der Waals surface area contributed by atoms with E-state index in [1.165, 1.54) is 0 Å². The first-order valence-corrected chi connectivity index (χ1v) is 25.1. The molecule has 0 unspecified atom stereocenters. The van der Waals surface area contributed by atoms with Crippen molar-refractivity contribution in [2.45, 2.75) is 103 Å². The van der Waals surface area contributed by atoms with E-state index in [4.69, 9.17) is 3.87 Å². The second-order valence-corrected chi connectivity index (χ2v) is 50.7. The molecule has 0 aromatic heterocycles. The van der Waals surface area contributed by atoms with Gasteiger partial charge in [0.1, 0.15) is 0 Å². The maximum atomic E-state index is 13.5. The number of rotatable bonds is 8. The van der Waals surface area contributed by atoms with E-state index >= 15 is 0 Å². The summed E-state index contributed by atoms with van der Waals surface area (Å²) in [5.41, 5.74) is -4.95. The van der Waals surface area contributed by atoms with E-state index in [0.717, 1.165) is 0 Å². The van der Waals surface area contributed by atoms with Crippen LogP contribution in [-0.4, -0.2) is 43.6 Å². The van der Waals surface area contributed by atoms with Crippen molar-refractivity contribution in [3.05, 3.63) is 0 Å². The van der Waals surface area contributed by atoms with Gasteiger partial charge >= 0.3 is 15.6 Å². The molecule has 0 spiro atoms. The number of hydrogen-bond donors (Lipinski definition) is 0. The smallest absolute Gasteiger partial charge is 0.318 e. The van der Waals surface area contributed by atoms with E-state index in [1.807, 2.05) is 39.3 Å². The molecule has 0 heterocycles. The van der Waals surface area contributed by atoms with Crippen molar-refractivity contribution in [1.82, 2.24) is 0 Å². The molecule has 0 saturated heterocycles. The molecule has 0 saturated carbocycles. The van der Waals surface area contributed by atoms with Gasteiger partial charge in [-0.3, -0.25) is 0 Å². The largest absolute Gasteiger partial charge is 0.522 e. The van der Waals surface area contributed by atoms with Gasteiger partial charge in [-0.05, 0) is 0 Å². The van der Waals surface area contributed by atoms with Crippen LogP contribution in [0.4, 0.5) is 13.2 Å². The maximum absolute atomic E-state index is 13.5. The molecule has 0 N–H and O–H groups in total. The molecule has 0 amide bonds. The fraction of sp³-hybridized carbons (Fsp3) is 1.00. The zero-order valence-electron chi connectivity index (χ0n) is 19.0. The highest BCUT2D eigenvalue weighted by Gasteiger charge is 2.74. The van der Waals surface area contributed by atoms with Gasteiger partial charge in [0, 0.05) is 0 Å². The summed E-state index contributed by atoms with van der Waals surface area (Å²) in [4.78, 5) is 0. The first-order valence-electron chi connectivity index (χ1n) is 9.56. The van der Waals surface area contributed by atoms with Crippen molar-refractivity contribution in [3.8, 4) is 0 Å². The molecule has 0 aliphatic carbocycles. The summed E-state index contributed by atoms with van der Waals surface area (Å²) in [7, 11) is -13.1. The van der Waals surface area contributed by atoms with Crippen LogP contribution in [0.5, 0.6) is 0 Å². The predicted octanol–water partition coefficient (Wildman–Crippen LogP) is 6.39. The van der Waals surface area contributed by atoms with E-state index in [0.29, 0.717) is 0 Å². The summed E-state index contributed by atoms with van der Waals surface area (Å²) in [6.45, 7) is 21.4. The average molecular weight is 481 g/mol. The number of alkyl halides is 3. The number of hydrogen-bond acceptors (Lipinski definition) is 3. The lowest BCUT2D eigenvalue weighted by molar-refractivity contribution is -0.0500. The quantitative estimate of drug-likeness (QED) is 0.299. The third-order valence-electron chi connectivity index (χ3n) is 6.11. The van der Waals surface area contributed by atoms with Gasteiger partial charge in [-0.2, -0.15) is 21.6 Å². The first-order chi connectivity index (χ1) is 11.5. The Hall–Kier alpha value is 0.568. The van der Waals surface area contributed by atoms with Crippen LogP contribution < -0.4 is 0 Å². The normalized spacial score (nSPS) is 15.9. The molecule has 0 aromatic rings. The van der Waals surface area contributed by atoms with Crippen LogP contribution in [0.2, 0.25) is 55.9 Å². The van der Waals surface area contributed by atoms with E-state index < -0.39 is 45.3 Å². The summed E-state index contributed by atoms with van der Waals surface area (Å²) in [6, 6.07) is 0. The Kier molecular flexibility index (Phi) is 8.18. The Bertz CT molecular complexity index is 583. The lowest BCUT2D eigenvalue weighted by Crippen LogP contribution is -2.89. The van der Waals surface area contributed by atoms with Gasteiger partial charge < -0.3 is 3.87 Å². The Morgan fingerprint density at radius 2 is 0.963 bits per heavy atom. The molecule has 0 rings (SSSR count). The fourth-order valence-electron chi connectivity index (χ4n) is 6.18. The third kappa shape index (κ3) is 4.37. The molecule has 0 bridgehead atoms. The number of halogens is 3. The maximum Gasteiger partial charge on any atom is 0.522 e. The molecule has 27 heavy (non-hydrogen) atoms. The van der Waals surface area contributed by atoms with E-state index in [2.05, 4.69) is 41.5 Å². The van der Waals surface area contributed by atoms with Crippen LogP contribution in [0, 0.1) is 0 Å². The standard InChI is InChI=1S/C16H39F3O3SSi4/c1-13(2)26(14(3)4,15(5)6)27(24(7,8)9,25(10,11)12)22-23(20,21)16(17,18)19/h13-15H,1-12H3. The molecule has 0 radical (unpaired) electrons. The van der Waals surface area contributed by atoms with Gasteiger partial charge in [-0.15, -0.1) is 0 Å². The predicted molar refractivity (Wildman–Crippen MR) is 120 cm³/mol. The molecule has 0 fully saturated rings. The van der Waals surface area contributed by atoms with Crippen LogP contribution in [0.3, 0.4) is 0 Å². The highest BCUT2D eigenvalue weighted by atomic mass is 32.2. The highest BCUT2D eigenvalue weighted by molar-refractivity contribution is 7.97. The van der Waals surface area contributed by atoms with Crippen molar-refractivity contribution in [2.75, 3.05) is 0 Å². The Balaban J connectivity index is 7.56. The topological polar surface area (TPSA) is 43.4 Å². The van der Waals surface area contributed by atoms with Gasteiger partial charge in [0.05, 0.1) is 22.8 Å². The van der Waals surface area contributed by atoms with Gasteiger partial charge in [-0.25, -0.2) is 0 Å². The molecular weight excluding hydrogens is 442 g/mol. The van der Waals surface area contributed by atoms with Gasteiger partial charge in [-0.1, -0.05) is 97.4 Å². The van der Waals surface area contributed by atoms with E-state index in [-0.39, 0.29) is 16.6 Å². The molecule has 0 aromatic carbocycles. The second kappa shape index (κ2) is 8.01. The minimum atomic E-state index is -5.64. The second-order valence-electron chi connectivity index (χ2n) is 10.6. The van der Waals surface area contributed by atoms with E-state index in [1.54, 1.807) is 0 Å². The SMILES string of the molecule is CC(C)[Si](C(C)C)(C(C)C)[Si](OS(=O)(=O)C(F)(F)F)([Si](C)(C)C)[Si](C)(C)C. The van der Waals surface area contributed by atoms with Crippen molar-refractivity contribution in [1.29, 1.82) is 0 Å². The summed E-state index contributed by atoms with van der Waals surface area (Å²) in [5, 5.41) is 0. The minimum Gasteiger partial charge on any atom is -0.318 e. The van der Waals surface area contributed by atoms with Crippen molar-refractivity contribution < 1.29 is 25.5 Å². The lowest BCUT2D eigenvalue weighted by atomic mass is 10.5. The summed E-state index contributed by atoms with van der Waals surface area (Å²) in [6.07, 6.45) is 0. The zero-order valence-corrected chi connectivity index (χ0v) is 23.8. The third-order valence-corrected chi connectivity index (χ3v) is 78.3. The minimum absolute atomic E-state index is 0.144. The van der Waals surface area contributed by atoms with Crippen LogP contribution in [-0.2, 0) is 14.0 Å². The van der Waals surface area contributed by atoms with Gasteiger partial charge in [0.2, 0.25) is 0 Å². The Morgan fingerprint density at radius 3 is 1.11 bits per heavy atom. The van der Waals surface area contributed by atoms with Crippen LogP contribution in [0.1, 0.15) is 41.5 Å². The highest BCUT2D eigenvalue weighted by Crippen LogP contribution is 2.54. The molecule has 0 aliphatic heterocycles. The first kappa shape index (κ1) is 27.6. The summed E-state index contributed by atoms with van der Waals surface area (Å²) in [5.74, 6) is 0. The molecular formula is C16H39F3O3SSi4. The van der Waals surface area contributed by atoms with Crippen LogP contribution in [0.15, 0.2) is 0 Å². The Labute approximate surface area is 168 Å². The zero-order chi connectivity index (χ0) is 22.4. The van der Waals surface area contributed by atoms with Crippen molar-refractivity contribution in [2.24, 2.45) is 0 Å². The van der Waals surface area contributed by atoms with Crippen molar-refractivity contribution >= 4 is 39.8 Å². The molecule has 3 nitrogen and oxygen atoms in total. The Morgan fingerprint density at radius 1 is 0.704 bits per heavy atom. The average Bonchev–Trinajstić information content (AvgIpc) is 2.31. The fourth-order valence-corrected chi connectivity index (χ4v) is 112. The lowest BCUT2D eigenvalue weighted by Gasteiger charge is -2.63.